The molecule has 0 radical (unpaired) electrons. The van der Waals surface area contributed by atoms with E-state index >= 15 is 0 Å². The zero-order valence-corrected chi connectivity index (χ0v) is 16.4. The van der Waals surface area contributed by atoms with Crippen LogP contribution < -0.4 is 5.32 Å². The number of sulfonamides is 1. The molecule has 0 bridgehead atoms. The average molecular weight is 368 g/mol. The zero-order valence-electron chi connectivity index (χ0n) is 15.6. The van der Waals surface area contributed by atoms with Crippen molar-refractivity contribution in [2.24, 2.45) is 5.92 Å². The first-order chi connectivity index (χ1) is 11.7. The maximum absolute atomic E-state index is 13.2. The van der Waals surface area contributed by atoms with Crippen molar-refractivity contribution in [1.29, 1.82) is 0 Å². The summed E-state index contributed by atoms with van der Waals surface area (Å²) in [5, 5.41) is 3.20. The second-order valence-electron chi connectivity index (χ2n) is 7.09. The van der Waals surface area contributed by atoms with Crippen LogP contribution in [0, 0.1) is 19.8 Å². The number of hydrogen-bond donors (Lipinski definition) is 1. The fourth-order valence-corrected chi connectivity index (χ4v) is 4.81. The van der Waals surface area contributed by atoms with E-state index < -0.39 is 10.0 Å². The standard InChI is InChI=1S/C18H29N3O3S/c1-14(2)12-21(13-18(22)20-9-7-19-8-10-20)25(23,24)17-11-15(3)5-6-16(17)4/h5-6,11,14,19H,7-10,12-13H2,1-4H3. The van der Waals surface area contributed by atoms with Gasteiger partial charge in [0.05, 0.1) is 11.4 Å². The predicted octanol–water partition coefficient (Wildman–Crippen LogP) is 1.38. The second-order valence-corrected chi connectivity index (χ2v) is 9.00. The highest BCUT2D eigenvalue weighted by atomic mass is 32.2. The first-order valence-electron chi connectivity index (χ1n) is 8.77. The highest BCUT2D eigenvalue weighted by molar-refractivity contribution is 7.89. The minimum absolute atomic E-state index is 0.103. The van der Waals surface area contributed by atoms with Crippen LogP contribution >= 0.6 is 0 Å². The average Bonchev–Trinajstić information content (AvgIpc) is 2.56. The van der Waals surface area contributed by atoms with Crippen molar-refractivity contribution in [2.45, 2.75) is 32.6 Å². The van der Waals surface area contributed by atoms with Gasteiger partial charge in [-0.1, -0.05) is 26.0 Å². The molecular weight excluding hydrogens is 338 g/mol. The van der Waals surface area contributed by atoms with Gasteiger partial charge in [0.1, 0.15) is 0 Å². The Morgan fingerprint density at radius 1 is 1.24 bits per heavy atom. The van der Waals surface area contributed by atoms with E-state index in [1.54, 1.807) is 17.9 Å². The fourth-order valence-electron chi connectivity index (χ4n) is 2.94. The number of aryl methyl sites for hydroxylation is 2. The molecule has 1 aromatic rings. The van der Waals surface area contributed by atoms with Crippen LogP contribution in [0.15, 0.2) is 23.1 Å². The summed E-state index contributed by atoms with van der Waals surface area (Å²) in [5.41, 5.74) is 1.59. The number of rotatable bonds is 6. The Morgan fingerprint density at radius 2 is 1.88 bits per heavy atom. The van der Waals surface area contributed by atoms with Crippen LogP contribution in [0.1, 0.15) is 25.0 Å². The van der Waals surface area contributed by atoms with Gasteiger partial charge in [-0.3, -0.25) is 4.79 Å². The normalized spacial score (nSPS) is 15.8. The summed E-state index contributed by atoms with van der Waals surface area (Å²) in [6.07, 6.45) is 0. The maximum Gasteiger partial charge on any atom is 0.243 e. The molecule has 0 saturated carbocycles. The SMILES string of the molecule is Cc1ccc(C)c(S(=O)(=O)N(CC(=O)N2CCNCC2)CC(C)C)c1. The first-order valence-corrected chi connectivity index (χ1v) is 10.2. The van der Waals surface area contributed by atoms with Crippen molar-refractivity contribution < 1.29 is 13.2 Å². The molecule has 1 heterocycles. The van der Waals surface area contributed by atoms with Crippen LogP contribution in [-0.2, 0) is 14.8 Å². The van der Waals surface area contributed by atoms with Crippen LogP contribution in [0.5, 0.6) is 0 Å². The molecule has 6 nitrogen and oxygen atoms in total. The van der Waals surface area contributed by atoms with Crippen molar-refractivity contribution in [1.82, 2.24) is 14.5 Å². The summed E-state index contributed by atoms with van der Waals surface area (Å²) in [7, 11) is -3.71. The van der Waals surface area contributed by atoms with Gasteiger partial charge >= 0.3 is 0 Å². The number of hydrogen-bond acceptors (Lipinski definition) is 4. The van der Waals surface area contributed by atoms with Crippen molar-refractivity contribution >= 4 is 15.9 Å². The molecule has 1 saturated heterocycles. The Morgan fingerprint density at radius 3 is 2.48 bits per heavy atom. The number of carbonyl (C=O) groups is 1. The summed E-state index contributed by atoms with van der Waals surface area (Å²) in [5.74, 6) is 0.00624. The van der Waals surface area contributed by atoms with Crippen molar-refractivity contribution in [3.05, 3.63) is 29.3 Å². The number of benzene rings is 1. The van der Waals surface area contributed by atoms with Crippen molar-refractivity contribution in [3.8, 4) is 0 Å². The van der Waals surface area contributed by atoms with Gasteiger partial charge in [-0.2, -0.15) is 4.31 Å². The molecule has 0 atom stereocenters. The van der Waals surface area contributed by atoms with E-state index in [2.05, 4.69) is 5.32 Å². The molecule has 1 amide bonds. The predicted molar refractivity (Wildman–Crippen MR) is 99.0 cm³/mol. The lowest BCUT2D eigenvalue weighted by atomic mass is 10.2. The highest BCUT2D eigenvalue weighted by Gasteiger charge is 2.30. The van der Waals surface area contributed by atoms with Crippen LogP contribution in [0.4, 0.5) is 0 Å². The Labute approximate surface area is 151 Å². The Bertz CT molecular complexity index is 710. The molecular formula is C18H29N3O3S. The van der Waals surface area contributed by atoms with E-state index in [0.717, 1.165) is 18.7 Å². The number of piperazine rings is 1. The summed E-state index contributed by atoms with van der Waals surface area (Å²) >= 11 is 0. The smallest absolute Gasteiger partial charge is 0.243 e. The third kappa shape index (κ3) is 5.03. The Balaban J connectivity index is 2.28. The molecule has 1 N–H and O–H groups in total. The van der Waals surface area contributed by atoms with Gasteiger partial charge < -0.3 is 10.2 Å². The minimum Gasteiger partial charge on any atom is -0.339 e. The van der Waals surface area contributed by atoms with Gasteiger partial charge in [0.15, 0.2) is 0 Å². The Kier molecular flexibility index (Phi) is 6.59. The fraction of sp³-hybridized carbons (Fsp3) is 0.611. The first kappa shape index (κ1) is 19.9. The van der Waals surface area contributed by atoms with Gasteiger partial charge in [-0.25, -0.2) is 8.42 Å². The molecule has 2 rings (SSSR count). The van der Waals surface area contributed by atoms with Crippen LogP contribution in [0.2, 0.25) is 0 Å². The molecule has 0 aliphatic carbocycles. The number of amides is 1. The number of nitrogens with zero attached hydrogens (tertiary/aromatic N) is 2. The zero-order chi connectivity index (χ0) is 18.6. The lowest BCUT2D eigenvalue weighted by Crippen LogP contribution is -2.50. The highest BCUT2D eigenvalue weighted by Crippen LogP contribution is 2.22. The third-order valence-corrected chi connectivity index (χ3v) is 6.27. The van der Waals surface area contributed by atoms with E-state index in [1.807, 2.05) is 32.9 Å². The van der Waals surface area contributed by atoms with E-state index in [-0.39, 0.29) is 18.4 Å². The van der Waals surface area contributed by atoms with E-state index in [1.165, 1.54) is 4.31 Å². The van der Waals surface area contributed by atoms with Crippen LogP contribution in [0.3, 0.4) is 0 Å². The molecule has 0 spiro atoms. The van der Waals surface area contributed by atoms with Crippen LogP contribution in [-0.4, -0.2) is 62.8 Å². The van der Waals surface area contributed by atoms with E-state index in [4.69, 9.17) is 0 Å². The quantitative estimate of drug-likeness (QED) is 0.825. The largest absolute Gasteiger partial charge is 0.339 e. The minimum atomic E-state index is -3.71. The molecule has 1 aliphatic rings. The van der Waals surface area contributed by atoms with Crippen molar-refractivity contribution in [2.75, 3.05) is 39.3 Å². The van der Waals surface area contributed by atoms with E-state index in [0.29, 0.717) is 30.1 Å². The third-order valence-electron chi connectivity index (χ3n) is 4.31. The molecule has 140 valence electrons. The monoisotopic (exact) mass is 367 g/mol. The molecule has 0 aromatic heterocycles. The molecule has 1 fully saturated rings. The summed E-state index contributed by atoms with van der Waals surface area (Å²) in [6, 6.07) is 5.40. The Hall–Kier alpha value is -1.44. The summed E-state index contributed by atoms with van der Waals surface area (Å²) < 4.78 is 27.7. The van der Waals surface area contributed by atoms with E-state index in [9.17, 15) is 13.2 Å². The lowest BCUT2D eigenvalue weighted by molar-refractivity contribution is -0.132. The summed E-state index contributed by atoms with van der Waals surface area (Å²) in [4.78, 5) is 14.6. The van der Waals surface area contributed by atoms with Gasteiger partial charge in [0, 0.05) is 32.7 Å². The molecule has 7 heteroatoms. The lowest BCUT2D eigenvalue weighted by Gasteiger charge is -2.31. The van der Waals surface area contributed by atoms with Crippen LogP contribution in [0.25, 0.3) is 0 Å². The topological polar surface area (TPSA) is 69.7 Å². The van der Waals surface area contributed by atoms with Gasteiger partial charge in [-0.05, 0) is 37.0 Å². The van der Waals surface area contributed by atoms with Gasteiger partial charge in [-0.15, -0.1) is 0 Å². The number of nitrogens with one attached hydrogen (secondary N) is 1. The molecule has 0 unspecified atom stereocenters. The molecule has 25 heavy (non-hydrogen) atoms. The van der Waals surface area contributed by atoms with Crippen molar-refractivity contribution in [3.63, 3.8) is 0 Å². The molecule has 1 aliphatic heterocycles. The second kappa shape index (κ2) is 8.29. The molecule has 1 aromatic carbocycles. The number of carbonyl (C=O) groups excluding carboxylic acids is 1. The maximum atomic E-state index is 13.2. The van der Waals surface area contributed by atoms with Gasteiger partial charge in [0.2, 0.25) is 15.9 Å². The summed E-state index contributed by atoms with van der Waals surface area (Å²) in [6.45, 7) is 10.5. The van der Waals surface area contributed by atoms with Gasteiger partial charge in [0.25, 0.3) is 0 Å².